The summed E-state index contributed by atoms with van der Waals surface area (Å²) in [6.45, 7) is 1.68. The maximum atomic E-state index is 12.0. The van der Waals surface area contributed by atoms with E-state index in [-0.39, 0.29) is 4.90 Å². The number of rotatable bonds is 2. The highest BCUT2D eigenvalue weighted by Gasteiger charge is 2.15. The van der Waals surface area contributed by atoms with Gasteiger partial charge >= 0.3 is 5.76 Å². The van der Waals surface area contributed by atoms with Gasteiger partial charge in [0, 0.05) is 10.6 Å². The van der Waals surface area contributed by atoms with Crippen LogP contribution in [-0.2, 0) is 10.8 Å². The minimum atomic E-state index is -2.84. The van der Waals surface area contributed by atoms with Crippen molar-refractivity contribution in [3.05, 3.63) is 23.8 Å². The van der Waals surface area contributed by atoms with Crippen LogP contribution in [0.4, 0.5) is 14.5 Å². The summed E-state index contributed by atoms with van der Waals surface area (Å²) in [7, 11) is -2.24. The van der Waals surface area contributed by atoms with E-state index < -0.39 is 16.6 Å². The zero-order valence-corrected chi connectivity index (χ0v) is 7.78. The maximum absolute atomic E-state index is 12.0. The summed E-state index contributed by atoms with van der Waals surface area (Å²) >= 11 is 0. The fourth-order valence-corrected chi connectivity index (χ4v) is 1.58. The fourth-order valence-electron chi connectivity index (χ4n) is 0.876. The van der Waals surface area contributed by atoms with Crippen molar-refractivity contribution in [3.8, 4) is 0 Å². The molecule has 0 fully saturated rings. The summed E-state index contributed by atoms with van der Waals surface area (Å²) in [6.07, 6.45) is 0. The lowest BCUT2D eigenvalue weighted by atomic mass is 10.2. The number of hydrogen-bond donors (Lipinski definition) is 1. The molecule has 1 rings (SSSR count). The van der Waals surface area contributed by atoms with E-state index in [4.69, 9.17) is 5.73 Å². The van der Waals surface area contributed by atoms with E-state index >= 15 is 0 Å². The second-order valence-corrected chi connectivity index (χ2v) is 4.00. The molecule has 1 atom stereocenters. The van der Waals surface area contributed by atoms with E-state index in [0.29, 0.717) is 11.3 Å². The van der Waals surface area contributed by atoms with Crippen molar-refractivity contribution >= 4 is 16.5 Å². The Morgan fingerprint density at radius 3 is 2.54 bits per heavy atom. The molecular weight excluding hydrogens is 196 g/mol. The van der Waals surface area contributed by atoms with E-state index in [2.05, 4.69) is 0 Å². The van der Waals surface area contributed by atoms with Crippen LogP contribution < -0.4 is 5.73 Å². The second kappa shape index (κ2) is 3.83. The summed E-state index contributed by atoms with van der Waals surface area (Å²) in [5.74, 6) is -2.84. The molecule has 1 unspecified atom stereocenters. The van der Waals surface area contributed by atoms with Crippen LogP contribution in [0, 0.1) is 6.92 Å². The van der Waals surface area contributed by atoms with Crippen molar-refractivity contribution in [2.75, 3.05) is 5.73 Å². The lowest BCUT2D eigenvalue weighted by Gasteiger charge is -2.03. The van der Waals surface area contributed by atoms with E-state index in [1.807, 2.05) is 0 Å². The van der Waals surface area contributed by atoms with Crippen molar-refractivity contribution in [3.63, 3.8) is 0 Å². The third kappa shape index (κ3) is 2.24. The molecule has 0 aliphatic rings. The molecule has 1 aromatic rings. The third-order valence-electron chi connectivity index (χ3n) is 1.64. The minimum Gasteiger partial charge on any atom is -0.399 e. The van der Waals surface area contributed by atoms with Gasteiger partial charge in [-0.05, 0) is 30.7 Å². The Balaban J connectivity index is 3.04. The van der Waals surface area contributed by atoms with E-state index in [1.54, 1.807) is 6.92 Å². The third-order valence-corrected chi connectivity index (χ3v) is 2.68. The van der Waals surface area contributed by atoms with Crippen LogP contribution in [0.1, 0.15) is 5.56 Å². The van der Waals surface area contributed by atoms with Gasteiger partial charge < -0.3 is 5.73 Å². The van der Waals surface area contributed by atoms with Gasteiger partial charge in [0.05, 0.1) is 0 Å². The Kier molecular flexibility index (Phi) is 2.98. The van der Waals surface area contributed by atoms with Crippen molar-refractivity contribution in [1.82, 2.24) is 0 Å². The molecule has 0 aliphatic carbocycles. The van der Waals surface area contributed by atoms with E-state index in [0.717, 1.165) is 0 Å². The molecule has 0 aliphatic heterocycles. The van der Waals surface area contributed by atoms with Crippen molar-refractivity contribution < 1.29 is 13.0 Å². The number of halogens is 2. The zero-order chi connectivity index (χ0) is 10.0. The first-order valence-corrected chi connectivity index (χ1v) is 4.78. The number of hydrogen-bond acceptors (Lipinski definition) is 2. The number of alkyl halides is 2. The summed E-state index contributed by atoms with van der Waals surface area (Å²) in [4.78, 5) is 0.113. The fraction of sp³-hybridized carbons (Fsp3) is 0.250. The van der Waals surface area contributed by atoms with Crippen molar-refractivity contribution in [1.29, 1.82) is 0 Å². The van der Waals surface area contributed by atoms with Gasteiger partial charge in [-0.1, -0.05) is 0 Å². The van der Waals surface area contributed by atoms with Crippen molar-refractivity contribution in [2.45, 2.75) is 17.6 Å². The lowest BCUT2D eigenvalue weighted by Crippen LogP contribution is -2.03. The standard InChI is InChI=1S/C8H9F2NOS/c1-5-4-6(2-3-7(5)11)13(12)8(9)10/h2-4,8H,11H2,1H3. The number of benzene rings is 1. The smallest absolute Gasteiger partial charge is 0.316 e. The summed E-state index contributed by atoms with van der Waals surface area (Å²) in [6, 6.07) is 4.24. The molecule has 0 spiro atoms. The molecule has 13 heavy (non-hydrogen) atoms. The molecule has 2 nitrogen and oxygen atoms in total. The van der Waals surface area contributed by atoms with Crippen LogP contribution in [0.3, 0.4) is 0 Å². The van der Waals surface area contributed by atoms with E-state index in [1.165, 1.54) is 18.2 Å². The monoisotopic (exact) mass is 205 g/mol. The number of aryl methyl sites for hydroxylation is 1. The molecule has 72 valence electrons. The van der Waals surface area contributed by atoms with Gasteiger partial charge in [0.25, 0.3) is 0 Å². The topological polar surface area (TPSA) is 43.1 Å². The minimum absolute atomic E-state index is 0.113. The molecule has 0 amide bonds. The summed E-state index contributed by atoms with van der Waals surface area (Å²) in [5, 5.41) is 0. The molecule has 2 N–H and O–H groups in total. The molecule has 0 saturated carbocycles. The van der Waals surface area contributed by atoms with Crippen LogP contribution in [0.15, 0.2) is 23.1 Å². The number of nitrogens with two attached hydrogens (primary N) is 1. The molecule has 0 heterocycles. The average molecular weight is 205 g/mol. The Morgan fingerprint density at radius 1 is 1.46 bits per heavy atom. The first-order chi connectivity index (χ1) is 6.02. The lowest BCUT2D eigenvalue weighted by molar-refractivity contribution is 0.244. The van der Waals surface area contributed by atoms with Gasteiger partial charge in [0.2, 0.25) is 0 Å². The van der Waals surface area contributed by atoms with E-state index in [9.17, 15) is 13.0 Å². The molecule has 0 bridgehead atoms. The Bertz CT molecular complexity index is 341. The van der Waals surface area contributed by atoms with Gasteiger partial charge in [0.1, 0.15) is 10.8 Å². The quantitative estimate of drug-likeness (QED) is 0.749. The molecular formula is C8H9F2NOS. The largest absolute Gasteiger partial charge is 0.399 e. The predicted molar refractivity (Wildman–Crippen MR) is 48.0 cm³/mol. The molecule has 5 heteroatoms. The van der Waals surface area contributed by atoms with Crippen LogP contribution >= 0.6 is 0 Å². The Morgan fingerprint density at radius 2 is 2.08 bits per heavy atom. The second-order valence-electron chi connectivity index (χ2n) is 2.58. The average Bonchev–Trinajstić information content (AvgIpc) is 2.08. The van der Waals surface area contributed by atoms with Crippen LogP contribution in [-0.4, -0.2) is 9.97 Å². The van der Waals surface area contributed by atoms with Gasteiger partial charge in [-0.2, -0.15) is 8.78 Å². The zero-order valence-electron chi connectivity index (χ0n) is 6.96. The molecule has 0 saturated heterocycles. The summed E-state index contributed by atoms with van der Waals surface area (Å²) < 4.78 is 35.0. The normalized spacial score (nSPS) is 13.2. The van der Waals surface area contributed by atoms with Gasteiger partial charge in [0.15, 0.2) is 0 Å². The first kappa shape index (κ1) is 10.1. The molecule has 0 aromatic heterocycles. The number of nitrogen functional groups attached to an aromatic ring is 1. The Hall–Kier alpha value is -0.970. The highest BCUT2D eigenvalue weighted by molar-refractivity contribution is 7.85. The maximum Gasteiger partial charge on any atom is 0.316 e. The highest BCUT2D eigenvalue weighted by atomic mass is 32.2. The summed E-state index contributed by atoms with van der Waals surface area (Å²) in [5.41, 5.74) is 6.65. The number of anilines is 1. The first-order valence-electron chi connectivity index (χ1n) is 3.57. The van der Waals surface area contributed by atoms with Crippen LogP contribution in [0.5, 0.6) is 0 Å². The van der Waals surface area contributed by atoms with Gasteiger partial charge in [-0.3, -0.25) is 0 Å². The molecule has 0 radical (unpaired) electrons. The highest BCUT2D eigenvalue weighted by Crippen LogP contribution is 2.18. The van der Waals surface area contributed by atoms with Gasteiger partial charge in [-0.15, -0.1) is 0 Å². The van der Waals surface area contributed by atoms with Crippen LogP contribution in [0.25, 0.3) is 0 Å². The van der Waals surface area contributed by atoms with Gasteiger partial charge in [-0.25, -0.2) is 4.21 Å². The van der Waals surface area contributed by atoms with Crippen LogP contribution in [0.2, 0.25) is 0 Å². The molecule has 1 aromatic carbocycles. The predicted octanol–water partition coefficient (Wildman–Crippen LogP) is 1.91. The SMILES string of the molecule is Cc1cc(S(=O)C(F)F)ccc1N. The van der Waals surface area contributed by atoms with Crippen molar-refractivity contribution in [2.24, 2.45) is 0 Å². The Labute approximate surface area is 77.2 Å².